The van der Waals surface area contributed by atoms with Gasteiger partial charge in [0, 0.05) is 26.6 Å². The summed E-state index contributed by atoms with van der Waals surface area (Å²) in [6.45, 7) is 7.18. The minimum atomic E-state index is -0.238. The van der Waals surface area contributed by atoms with Crippen LogP contribution in [0.2, 0.25) is 5.15 Å². The summed E-state index contributed by atoms with van der Waals surface area (Å²) in [6, 6.07) is -0.238. The monoisotopic (exact) mass is 300 g/mol. The van der Waals surface area contributed by atoms with Crippen molar-refractivity contribution in [3.63, 3.8) is 0 Å². The van der Waals surface area contributed by atoms with Gasteiger partial charge in [-0.1, -0.05) is 24.9 Å². The first-order valence-electron chi connectivity index (χ1n) is 7.21. The highest BCUT2D eigenvalue weighted by molar-refractivity contribution is 6.30. The first kappa shape index (κ1) is 17.0. The van der Waals surface area contributed by atoms with Gasteiger partial charge in [-0.15, -0.1) is 0 Å². The van der Waals surface area contributed by atoms with Crippen LogP contribution in [0.5, 0.6) is 0 Å². The Morgan fingerprint density at radius 1 is 1.50 bits per heavy atom. The number of nitrogens with zero attached hydrogens (tertiary/aromatic N) is 2. The van der Waals surface area contributed by atoms with Crippen LogP contribution in [0.3, 0.4) is 0 Å². The van der Waals surface area contributed by atoms with Crippen molar-refractivity contribution >= 4 is 17.5 Å². The third kappa shape index (κ3) is 4.80. The van der Waals surface area contributed by atoms with Crippen LogP contribution in [0, 0.1) is 0 Å². The number of aryl methyl sites for hydroxylation is 1. The Morgan fingerprint density at radius 2 is 2.20 bits per heavy atom. The lowest BCUT2D eigenvalue weighted by atomic mass is 10.2. The van der Waals surface area contributed by atoms with Crippen LogP contribution < -0.4 is 5.32 Å². The van der Waals surface area contributed by atoms with Gasteiger partial charge >= 0.3 is 0 Å². The Morgan fingerprint density at radius 3 is 2.80 bits per heavy atom. The molecule has 1 rings (SSSR count). The Labute approximate surface area is 126 Å². The SMILES string of the molecule is CCCCc1nc(Cl)c(CNC(C)C(=O)N(C)CC)[nH]1. The molecule has 1 atom stereocenters. The van der Waals surface area contributed by atoms with Gasteiger partial charge in [0.15, 0.2) is 5.15 Å². The van der Waals surface area contributed by atoms with Crippen molar-refractivity contribution in [2.75, 3.05) is 13.6 Å². The number of likely N-dealkylation sites (N-methyl/N-ethyl adjacent to an activating group) is 1. The lowest BCUT2D eigenvalue weighted by Crippen LogP contribution is -2.42. The van der Waals surface area contributed by atoms with E-state index in [-0.39, 0.29) is 11.9 Å². The average Bonchev–Trinajstić information content (AvgIpc) is 2.81. The molecule has 0 saturated carbocycles. The largest absolute Gasteiger partial charge is 0.345 e. The van der Waals surface area contributed by atoms with Gasteiger partial charge in [-0.05, 0) is 20.3 Å². The average molecular weight is 301 g/mol. The predicted molar refractivity (Wildman–Crippen MR) is 81.8 cm³/mol. The van der Waals surface area contributed by atoms with Gasteiger partial charge in [-0.3, -0.25) is 4.79 Å². The van der Waals surface area contributed by atoms with Crippen molar-refractivity contribution in [1.82, 2.24) is 20.2 Å². The van der Waals surface area contributed by atoms with E-state index in [1.54, 1.807) is 11.9 Å². The van der Waals surface area contributed by atoms with Crippen molar-refractivity contribution in [2.24, 2.45) is 0 Å². The van der Waals surface area contributed by atoms with Gasteiger partial charge in [0.25, 0.3) is 0 Å². The number of nitrogens with one attached hydrogen (secondary N) is 2. The molecular weight excluding hydrogens is 276 g/mol. The van der Waals surface area contributed by atoms with E-state index in [1.165, 1.54) is 0 Å². The molecule has 0 aliphatic carbocycles. The summed E-state index contributed by atoms with van der Waals surface area (Å²) in [5.41, 5.74) is 0.844. The molecule has 1 unspecified atom stereocenters. The van der Waals surface area contributed by atoms with E-state index in [4.69, 9.17) is 11.6 Å². The Bertz CT molecular complexity index is 433. The van der Waals surface area contributed by atoms with Gasteiger partial charge in [-0.25, -0.2) is 4.98 Å². The second kappa shape index (κ2) is 8.27. The Balaban J connectivity index is 2.52. The fraction of sp³-hybridized carbons (Fsp3) is 0.714. The van der Waals surface area contributed by atoms with Crippen LogP contribution in [0.15, 0.2) is 0 Å². The smallest absolute Gasteiger partial charge is 0.239 e. The highest BCUT2D eigenvalue weighted by Gasteiger charge is 2.17. The fourth-order valence-corrected chi connectivity index (χ4v) is 2.06. The molecule has 5 nitrogen and oxygen atoms in total. The molecule has 0 aliphatic rings. The number of amides is 1. The number of aromatic amines is 1. The molecule has 0 bridgehead atoms. The van der Waals surface area contributed by atoms with Crippen LogP contribution in [-0.4, -0.2) is 40.4 Å². The van der Waals surface area contributed by atoms with Gasteiger partial charge in [0.1, 0.15) is 5.82 Å². The van der Waals surface area contributed by atoms with Gasteiger partial charge in [0.05, 0.1) is 11.7 Å². The van der Waals surface area contributed by atoms with E-state index in [1.807, 2.05) is 13.8 Å². The van der Waals surface area contributed by atoms with Crippen LogP contribution in [0.1, 0.15) is 45.1 Å². The maximum Gasteiger partial charge on any atom is 0.239 e. The van der Waals surface area contributed by atoms with E-state index < -0.39 is 0 Å². The lowest BCUT2D eigenvalue weighted by Gasteiger charge is -2.20. The number of H-pyrrole nitrogens is 1. The van der Waals surface area contributed by atoms with E-state index in [2.05, 4.69) is 22.2 Å². The number of carbonyl (C=O) groups excluding carboxylic acids is 1. The minimum Gasteiger partial charge on any atom is -0.345 e. The Hall–Kier alpha value is -1.07. The third-order valence-corrected chi connectivity index (χ3v) is 3.66. The van der Waals surface area contributed by atoms with E-state index >= 15 is 0 Å². The van der Waals surface area contributed by atoms with Gasteiger partial charge < -0.3 is 15.2 Å². The molecule has 0 aromatic carbocycles. The molecule has 1 aromatic rings. The molecule has 0 spiro atoms. The molecule has 0 radical (unpaired) electrons. The second-order valence-corrected chi connectivity index (χ2v) is 5.37. The number of imidazole rings is 1. The van der Waals surface area contributed by atoms with Crippen molar-refractivity contribution in [1.29, 1.82) is 0 Å². The maximum atomic E-state index is 11.9. The highest BCUT2D eigenvalue weighted by atomic mass is 35.5. The first-order chi connectivity index (χ1) is 9.49. The Kier molecular flexibility index (Phi) is 7.02. The van der Waals surface area contributed by atoms with Crippen molar-refractivity contribution < 1.29 is 4.79 Å². The lowest BCUT2D eigenvalue weighted by molar-refractivity contribution is -0.131. The van der Waals surface area contributed by atoms with Crippen molar-refractivity contribution in [3.05, 3.63) is 16.7 Å². The number of rotatable bonds is 8. The molecule has 1 amide bonds. The second-order valence-electron chi connectivity index (χ2n) is 5.01. The van der Waals surface area contributed by atoms with E-state index in [0.717, 1.165) is 30.8 Å². The van der Waals surface area contributed by atoms with Crippen LogP contribution in [-0.2, 0) is 17.8 Å². The van der Waals surface area contributed by atoms with Crippen LogP contribution in [0.25, 0.3) is 0 Å². The summed E-state index contributed by atoms with van der Waals surface area (Å²) in [5, 5.41) is 3.67. The molecule has 1 heterocycles. The van der Waals surface area contributed by atoms with Gasteiger partial charge in [0.2, 0.25) is 5.91 Å². The van der Waals surface area contributed by atoms with Gasteiger partial charge in [-0.2, -0.15) is 0 Å². The third-order valence-electron chi connectivity index (χ3n) is 3.35. The molecule has 2 N–H and O–H groups in total. The van der Waals surface area contributed by atoms with Crippen molar-refractivity contribution in [2.45, 2.75) is 52.6 Å². The summed E-state index contributed by atoms with van der Waals surface area (Å²) >= 11 is 6.10. The molecular formula is C14H25ClN4O. The predicted octanol–water partition coefficient (Wildman–Crippen LogP) is 2.36. The summed E-state index contributed by atoms with van der Waals surface area (Å²) in [5.74, 6) is 0.993. The molecule has 6 heteroatoms. The summed E-state index contributed by atoms with van der Waals surface area (Å²) in [7, 11) is 1.80. The quantitative estimate of drug-likeness (QED) is 0.775. The number of hydrogen-bond acceptors (Lipinski definition) is 3. The number of hydrogen-bond donors (Lipinski definition) is 2. The standard InChI is InChI=1S/C14H25ClN4O/c1-5-7-8-12-17-11(13(15)18-12)9-16-10(3)14(20)19(4)6-2/h10,16H,5-9H2,1-4H3,(H,17,18). The number of carbonyl (C=O) groups is 1. The van der Waals surface area contributed by atoms with Crippen LogP contribution in [0.4, 0.5) is 0 Å². The molecule has 20 heavy (non-hydrogen) atoms. The zero-order valence-electron chi connectivity index (χ0n) is 12.8. The number of halogens is 1. The summed E-state index contributed by atoms with van der Waals surface area (Å²) in [4.78, 5) is 21.1. The van der Waals surface area contributed by atoms with Crippen molar-refractivity contribution in [3.8, 4) is 0 Å². The molecule has 114 valence electrons. The molecule has 0 fully saturated rings. The highest BCUT2D eigenvalue weighted by Crippen LogP contribution is 2.14. The maximum absolute atomic E-state index is 11.9. The zero-order valence-corrected chi connectivity index (χ0v) is 13.5. The zero-order chi connectivity index (χ0) is 15.1. The fourth-order valence-electron chi connectivity index (χ4n) is 1.85. The van der Waals surface area contributed by atoms with Crippen LogP contribution >= 0.6 is 11.6 Å². The summed E-state index contributed by atoms with van der Waals surface area (Å²) in [6.07, 6.45) is 3.12. The van der Waals surface area contributed by atoms with E-state index in [0.29, 0.717) is 18.2 Å². The molecule has 1 aromatic heterocycles. The summed E-state index contributed by atoms with van der Waals surface area (Å²) < 4.78 is 0. The molecule has 0 aliphatic heterocycles. The normalized spacial score (nSPS) is 12.4. The first-order valence-corrected chi connectivity index (χ1v) is 7.58. The molecule has 0 saturated heterocycles. The number of aromatic nitrogens is 2. The minimum absolute atomic E-state index is 0.0781. The topological polar surface area (TPSA) is 61.0 Å². The van der Waals surface area contributed by atoms with E-state index in [9.17, 15) is 4.79 Å². The number of unbranched alkanes of at least 4 members (excludes halogenated alkanes) is 1.